The molecule has 0 spiro atoms. The average molecular weight is 367 g/mol. The lowest BCUT2D eigenvalue weighted by Crippen LogP contribution is -2.35. The SMILES string of the molecule is SC[C@@H](S)COC(c1ccccc1)(c1ccccc1)c1ccccc1. The van der Waals surface area contributed by atoms with Gasteiger partial charge in [-0.25, -0.2) is 0 Å². The molecular weight excluding hydrogens is 344 g/mol. The maximum atomic E-state index is 6.62. The van der Waals surface area contributed by atoms with Crippen molar-refractivity contribution in [2.45, 2.75) is 10.9 Å². The molecule has 0 bridgehead atoms. The van der Waals surface area contributed by atoms with Crippen LogP contribution < -0.4 is 0 Å². The maximum absolute atomic E-state index is 6.62. The predicted molar refractivity (Wildman–Crippen MR) is 112 cm³/mol. The summed E-state index contributed by atoms with van der Waals surface area (Å²) < 4.78 is 6.62. The third-order valence-electron chi connectivity index (χ3n) is 4.24. The molecule has 0 radical (unpaired) electrons. The summed E-state index contributed by atoms with van der Waals surface area (Å²) in [6.45, 7) is 0.505. The Morgan fingerprint density at radius 2 is 1.04 bits per heavy atom. The van der Waals surface area contributed by atoms with Gasteiger partial charge in [0.25, 0.3) is 0 Å². The van der Waals surface area contributed by atoms with Gasteiger partial charge >= 0.3 is 0 Å². The fraction of sp³-hybridized carbons (Fsp3) is 0.182. The van der Waals surface area contributed by atoms with Crippen molar-refractivity contribution in [2.75, 3.05) is 12.4 Å². The molecule has 25 heavy (non-hydrogen) atoms. The summed E-state index contributed by atoms with van der Waals surface area (Å²) in [5, 5.41) is 0.0684. The van der Waals surface area contributed by atoms with Gasteiger partial charge in [-0.3, -0.25) is 0 Å². The molecule has 0 aliphatic heterocycles. The van der Waals surface area contributed by atoms with Crippen molar-refractivity contribution in [3.63, 3.8) is 0 Å². The standard InChI is InChI=1S/C22H22OS2/c24-17-21(25)16-23-22(18-10-4-1-5-11-18,19-12-6-2-7-13-19)20-14-8-3-9-15-20/h1-15,21,24-25H,16-17H2/t21-/m0/s1. The molecule has 0 unspecified atom stereocenters. The van der Waals surface area contributed by atoms with Crippen molar-refractivity contribution in [3.05, 3.63) is 108 Å². The van der Waals surface area contributed by atoms with Crippen LogP contribution in [-0.2, 0) is 10.3 Å². The van der Waals surface area contributed by atoms with E-state index >= 15 is 0 Å². The first-order valence-corrected chi connectivity index (χ1v) is 9.51. The van der Waals surface area contributed by atoms with Crippen molar-refractivity contribution >= 4 is 25.3 Å². The summed E-state index contributed by atoms with van der Waals surface area (Å²) in [6, 6.07) is 31.1. The zero-order chi connectivity index (χ0) is 17.5. The van der Waals surface area contributed by atoms with Crippen LogP contribution >= 0.6 is 25.3 Å². The Morgan fingerprint density at radius 1 is 0.680 bits per heavy atom. The first kappa shape index (κ1) is 18.1. The van der Waals surface area contributed by atoms with E-state index in [0.29, 0.717) is 12.4 Å². The molecular formula is C22H22OS2. The quantitative estimate of drug-likeness (QED) is 0.430. The highest BCUT2D eigenvalue weighted by Gasteiger charge is 2.37. The molecule has 0 saturated heterocycles. The minimum atomic E-state index is -0.673. The van der Waals surface area contributed by atoms with Crippen LogP contribution in [0.4, 0.5) is 0 Å². The Bertz CT molecular complexity index is 663. The zero-order valence-electron chi connectivity index (χ0n) is 14.0. The van der Waals surface area contributed by atoms with Crippen LogP contribution in [0.1, 0.15) is 16.7 Å². The van der Waals surface area contributed by atoms with Crippen LogP contribution in [-0.4, -0.2) is 17.6 Å². The van der Waals surface area contributed by atoms with Gasteiger partial charge in [0.2, 0.25) is 0 Å². The van der Waals surface area contributed by atoms with Gasteiger partial charge < -0.3 is 4.74 Å². The van der Waals surface area contributed by atoms with Gasteiger partial charge in [-0.1, -0.05) is 91.0 Å². The summed E-state index contributed by atoms with van der Waals surface area (Å²) in [5.74, 6) is 0.664. The van der Waals surface area contributed by atoms with E-state index in [0.717, 1.165) is 16.7 Å². The van der Waals surface area contributed by atoms with E-state index in [2.05, 4.69) is 98.1 Å². The number of hydrogen-bond acceptors (Lipinski definition) is 3. The molecule has 0 saturated carbocycles. The molecule has 1 atom stereocenters. The van der Waals surface area contributed by atoms with E-state index in [4.69, 9.17) is 4.74 Å². The minimum Gasteiger partial charge on any atom is -0.360 e. The normalized spacial score (nSPS) is 12.7. The summed E-state index contributed by atoms with van der Waals surface area (Å²) in [4.78, 5) is 0. The lowest BCUT2D eigenvalue weighted by atomic mass is 9.80. The Morgan fingerprint density at radius 3 is 1.36 bits per heavy atom. The average Bonchev–Trinajstić information content (AvgIpc) is 2.71. The highest BCUT2D eigenvalue weighted by Crippen LogP contribution is 2.40. The minimum absolute atomic E-state index is 0.0684. The van der Waals surface area contributed by atoms with Crippen LogP contribution in [0.5, 0.6) is 0 Å². The number of benzene rings is 3. The molecule has 0 N–H and O–H groups in total. The Kier molecular flexibility index (Phi) is 6.24. The number of ether oxygens (including phenoxy) is 1. The van der Waals surface area contributed by atoms with Gasteiger partial charge in [0.1, 0.15) is 5.60 Å². The highest BCUT2D eigenvalue weighted by molar-refractivity contribution is 7.84. The highest BCUT2D eigenvalue weighted by atomic mass is 32.1. The Labute approximate surface area is 160 Å². The van der Waals surface area contributed by atoms with Crippen LogP contribution in [0.15, 0.2) is 91.0 Å². The second-order valence-corrected chi connectivity index (χ2v) is 7.02. The van der Waals surface area contributed by atoms with Crippen molar-refractivity contribution in [1.82, 2.24) is 0 Å². The molecule has 0 aliphatic rings. The molecule has 0 amide bonds. The van der Waals surface area contributed by atoms with Gasteiger partial charge in [0.15, 0.2) is 0 Å². The monoisotopic (exact) mass is 366 g/mol. The van der Waals surface area contributed by atoms with Gasteiger partial charge in [-0.15, -0.1) is 0 Å². The molecule has 0 aliphatic carbocycles. The molecule has 1 nitrogen and oxygen atoms in total. The van der Waals surface area contributed by atoms with Crippen molar-refractivity contribution in [2.24, 2.45) is 0 Å². The summed E-state index contributed by atoms with van der Waals surface area (Å²) in [5.41, 5.74) is 2.64. The fourth-order valence-corrected chi connectivity index (χ4v) is 3.22. The van der Waals surface area contributed by atoms with Crippen LogP contribution in [0, 0.1) is 0 Å². The first-order valence-electron chi connectivity index (χ1n) is 8.37. The smallest absolute Gasteiger partial charge is 0.143 e. The van der Waals surface area contributed by atoms with Crippen molar-refractivity contribution in [1.29, 1.82) is 0 Å². The molecule has 3 rings (SSSR count). The topological polar surface area (TPSA) is 9.23 Å². The first-order chi connectivity index (χ1) is 12.3. The van der Waals surface area contributed by atoms with Crippen molar-refractivity contribution < 1.29 is 4.74 Å². The number of thiol groups is 2. The third-order valence-corrected chi connectivity index (χ3v) is 5.30. The van der Waals surface area contributed by atoms with Crippen LogP contribution in [0.25, 0.3) is 0 Å². The molecule has 0 heterocycles. The number of rotatable bonds is 7. The van der Waals surface area contributed by atoms with Gasteiger partial charge in [-0.2, -0.15) is 25.3 Å². The molecule has 3 aromatic rings. The van der Waals surface area contributed by atoms with Crippen LogP contribution in [0.3, 0.4) is 0 Å². The lowest BCUT2D eigenvalue weighted by molar-refractivity contribution is 0.0160. The van der Waals surface area contributed by atoms with Crippen molar-refractivity contribution in [3.8, 4) is 0 Å². The summed E-state index contributed by atoms with van der Waals surface area (Å²) >= 11 is 8.93. The van der Waals surface area contributed by atoms with E-state index in [9.17, 15) is 0 Å². The summed E-state index contributed by atoms with van der Waals surface area (Å²) in [7, 11) is 0. The Hall–Kier alpha value is -1.68. The van der Waals surface area contributed by atoms with E-state index in [1.807, 2.05) is 18.2 Å². The molecule has 3 heteroatoms. The number of hydrogen-bond donors (Lipinski definition) is 2. The second-order valence-electron chi connectivity index (χ2n) is 5.93. The fourth-order valence-electron chi connectivity index (χ4n) is 3.04. The molecule has 0 aromatic heterocycles. The van der Waals surface area contributed by atoms with Gasteiger partial charge in [0.05, 0.1) is 6.61 Å². The van der Waals surface area contributed by atoms with E-state index in [-0.39, 0.29) is 5.25 Å². The van der Waals surface area contributed by atoms with Gasteiger partial charge in [-0.05, 0) is 16.7 Å². The maximum Gasteiger partial charge on any atom is 0.143 e. The third kappa shape index (κ3) is 3.95. The van der Waals surface area contributed by atoms with E-state index < -0.39 is 5.60 Å². The largest absolute Gasteiger partial charge is 0.360 e. The Balaban J connectivity index is 2.20. The second kappa shape index (κ2) is 8.61. The van der Waals surface area contributed by atoms with Crippen LogP contribution in [0.2, 0.25) is 0 Å². The predicted octanol–water partition coefficient (Wildman–Crippen LogP) is 5.22. The molecule has 3 aromatic carbocycles. The van der Waals surface area contributed by atoms with Gasteiger partial charge in [0, 0.05) is 11.0 Å². The van der Waals surface area contributed by atoms with E-state index in [1.165, 1.54) is 0 Å². The zero-order valence-corrected chi connectivity index (χ0v) is 15.7. The molecule has 0 fully saturated rings. The van der Waals surface area contributed by atoms with E-state index in [1.54, 1.807) is 0 Å². The molecule has 128 valence electrons. The lowest BCUT2D eigenvalue weighted by Gasteiger charge is -2.36. The summed E-state index contributed by atoms with van der Waals surface area (Å²) in [6.07, 6.45) is 0.